The Kier molecular flexibility index (Phi) is 15.8. The Balaban J connectivity index is 2.72. The van der Waals surface area contributed by atoms with Gasteiger partial charge in [-0.1, -0.05) is 146 Å². The molecular formula is C41H60O. The summed E-state index contributed by atoms with van der Waals surface area (Å²) in [5, 5.41) is 9.90. The predicted octanol–water partition coefficient (Wildman–Crippen LogP) is 12.2. The third kappa shape index (κ3) is 14.3. The zero-order valence-corrected chi connectivity index (χ0v) is 28.9. The monoisotopic (exact) mass is 568 g/mol. The van der Waals surface area contributed by atoms with Crippen molar-refractivity contribution >= 4 is 0 Å². The summed E-state index contributed by atoms with van der Waals surface area (Å²) in [5.41, 5.74) is 10.7. The summed E-state index contributed by atoms with van der Waals surface area (Å²) in [4.78, 5) is 0. The Morgan fingerprint density at radius 2 is 1.24 bits per heavy atom. The van der Waals surface area contributed by atoms with E-state index in [-0.39, 0.29) is 16.9 Å². The van der Waals surface area contributed by atoms with E-state index in [1.807, 2.05) is 6.92 Å². The van der Waals surface area contributed by atoms with Crippen LogP contribution in [0.15, 0.2) is 130 Å². The normalized spacial score (nSPS) is 19.0. The lowest BCUT2D eigenvalue weighted by atomic mass is 9.72. The van der Waals surface area contributed by atoms with Crippen molar-refractivity contribution in [2.24, 2.45) is 10.8 Å². The highest BCUT2D eigenvalue weighted by atomic mass is 16.3. The zero-order chi connectivity index (χ0) is 31.9. The van der Waals surface area contributed by atoms with Crippen LogP contribution in [0.1, 0.15) is 109 Å². The quantitative estimate of drug-likeness (QED) is 0.219. The molecule has 1 atom stereocenters. The Bertz CT molecular complexity index is 1230. The summed E-state index contributed by atoms with van der Waals surface area (Å²) >= 11 is 0. The molecule has 0 aliphatic heterocycles. The van der Waals surface area contributed by atoms with E-state index in [1.54, 1.807) is 5.57 Å². The highest BCUT2D eigenvalue weighted by molar-refractivity contribution is 5.38. The van der Waals surface area contributed by atoms with Crippen LogP contribution in [-0.4, -0.2) is 11.2 Å². The lowest BCUT2D eigenvalue weighted by Gasteiger charge is -2.32. The van der Waals surface area contributed by atoms with Gasteiger partial charge in [-0.05, 0) is 103 Å². The van der Waals surface area contributed by atoms with Crippen molar-refractivity contribution in [2.45, 2.75) is 115 Å². The minimum atomic E-state index is -0.317. The molecule has 1 heteroatoms. The van der Waals surface area contributed by atoms with Gasteiger partial charge < -0.3 is 5.11 Å². The molecule has 0 bridgehead atoms. The Hall–Kier alpha value is -2.90. The molecule has 1 N–H and O–H groups in total. The molecule has 0 fully saturated rings. The van der Waals surface area contributed by atoms with Crippen LogP contribution < -0.4 is 0 Å². The van der Waals surface area contributed by atoms with Gasteiger partial charge in [-0.15, -0.1) is 0 Å². The highest BCUT2D eigenvalue weighted by Gasteiger charge is 2.26. The summed E-state index contributed by atoms with van der Waals surface area (Å²) in [6.45, 7) is 26.1. The molecular weight excluding hydrogens is 508 g/mol. The number of aliphatic hydroxyl groups is 1. The molecule has 0 radical (unpaired) electrons. The fourth-order valence-corrected chi connectivity index (χ4v) is 5.70. The van der Waals surface area contributed by atoms with Crippen LogP contribution in [0.2, 0.25) is 0 Å². The van der Waals surface area contributed by atoms with E-state index in [2.05, 4.69) is 161 Å². The van der Waals surface area contributed by atoms with Gasteiger partial charge in [-0.3, -0.25) is 0 Å². The van der Waals surface area contributed by atoms with E-state index in [0.29, 0.717) is 0 Å². The van der Waals surface area contributed by atoms with Gasteiger partial charge in [0.1, 0.15) is 0 Å². The van der Waals surface area contributed by atoms with E-state index in [4.69, 9.17) is 0 Å². The molecule has 1 rings (SSSR count). The van der Waals surface area contributed by atoms with E-state index in [0.717, 1.165) is 6.42 Å². The van der Waals surface area contributed by atoms with Gasteiger partial charge in [0.15, 0.2) is 0 Å². The topological polar surface area (TPSA) is 20.2 Å². The molecule has 1 aliphatic carbocycles. The van der Waals surface area contributed by atoms with Gasteiger partial charge in [0.2, 0.25) is 0 Å². The van der Waals surface area contributed by atoms with Crippen LogP contribution in [0, 0.1) is 10.8 Å². The van der Waals surface area contributed by atoms with Crippen LogP contribution >= 0.6 is 0 Å². The largest absolute Gasteiger partial charge is 0.393 e. The molecule has 230 valence electrons. The van der Waals surface area contributed by atoms with Crippen molar-refractivity contribution in [3.8, 4) is 0 Å². The van der Waals surface area contributed by atoms with Gasteiger partial charge in [0, 0.05) is 0 Å². The maximum atomic E-state index is 9.90. The van der Waals surface area contributed by atoms with E-state index < -0.39 is 0 Å². The lowest BCUT2D eigenvalue weighted by Crippen LogP contribution is -2.21. The standard InChI is InChI=1S/C41H60O/c1-31(2)38(41(11,12)30-37(8)42)27-25-34(5)22-15-20-32(3)18-13-14-19-33(4)21-16-23-35(6)26-28-39-36(7)24-17-29-40(39,9)10/h13-16,18-23,25-28,37,42H,17,24,29-30H2,1-12H3/b14-13+,20-15+,21-16+,27-25+,28-26+,32-18+,33-19+,34-22+,35-23+. The second-order valence-electron chi connectivity index (χ2n) is 13.7. The van der Waals surface area contributed by atoms with Crippen LogP contribution in [0.25, 0.3) is 0 Å². The lowest BCUT2D eigenvalue weighted by molar-refractivity contribution is 0.145. The maximum Gasteiger partial charge on any atom is 0.0520 e. The van der Waals surface area contributed by atoms with Crippen LogP contribution in [0.4, 0.5) is 0 Å². The van der Waals surface area contributed by atoms with Crippen molar-refractivity contribution in [3.63, 3.8) is 0 Å². The molecule has 1 nitrogen and oxygen atoms in total. The van der Waals surface area contributed by atoms with Crippen molar-refractivity contribution in [1.82, 2.24) is 0 Å². The third-order valence-corrected chi connectivity index (χ3v) is 7.91. The average Bonchev–Trinajstić information content (AvgIpc) is 2.85. The third-order valence-electron chi connectivity index (χ3n) is 7.91. The molecule has 0 aromatic carbocycles. The summed E-state index contributed by atoms with van der Waals surface area (Å²) in [6.07, 6.45) is 34.5. The van der Waals surface area contributed by atoms with E-state index >= 15 is 0 Å². The average molecular weight is 569 g/mol. The van der Waals surface area contributed by atoms with Crippen molar-refractivity contribution in [1.29, 1.82) is 0 Å². The van der Waals surface area contributed by atoms with E-state index in [1.165, 1.54) is 58.3 Å². The number of rotatable bonds is 13. The second kappa shape index (κ2) is 17.9. The molecule has 1 aliphatic rings. The number of hydrogen-bond acceptors (Lipinski definition) is 1. The first-order chi connectivity index (χ1) is 19.5. The predicted molar refractivity (Wildman–Crippen MR) is 190 cm³/mol. The Morgan fingerprint density at radius 3 is 1.71 bits per heavy atom. The van der Waals surface area contributed by atoms with Gasteiger partial charge in [-0.25, -0.2) is 0 Å². The molecule has 0 aromatic heterocycles. The SMILES string of the molecule is CC(C)=C(/C=C/C(C)=C/C=C/C(C)=C/C=C/C=C(C)/C=C/C=C(C)/C=C/C1=C(C)CCCC1(C)C)C(C)(C)CC(C)O. The molecule has 0 aromatic rings. The molecule has 0 heterocycles. The fourth-order valence-electron chi connectivity index (χ4n) is 5.70. The second-order valence-corrected chi connectivity index (χ2v) is 13.7. The molecule has 0 saturated carbocycles. The number of allylic oxidation sites excluding steroid dienone is 22. The number of hydrogen-bond donors (Lipinski definition) is 1. The first-order valence-electron chi connectivity index (χ1n) is 15.7. The van der Waals surface area contributed by atoms with Gasteiger partial charge in [-0.2, -0.15) is 0 Å². The van der Waals surface area contributed by atoms with E-state index in [9.17, 15) is 5.11 Å². The minimum Gasteiger partial charge on any atom is -0.393 e. The molecule has 0 saturated heterocycles. The first-order valence-corrected chi connectivity index (χ1v) is 15.7. The Labute approximate surface area is 260 Å². The summed E-state index contributed by atoms with van der Waals surface area (Å²) in [5.74, 6) is 0. The maximum absolute atomic E-state index is 9.90. The van der Waals surface area contributed by atoms with Crippen LogP contribution in [-0.2, 0) is 0 Å². The summed E-state index contributed by atoms with van der Waals surface area (Å²) in [7, 11) is 0. The summed E-state index contributed by atoms with van der Waals surface area (Å²) in [6, 6.07) is 0. The van der Waals surface area contributed by atoms with Crippen LogP contribution in [0.5, 0.6) is 0 Å². The number of aliphatic hydroxyl groups excluding tert-OH is 1. The Morgan fingerprint density at radius 1 is 0.762 bits per heavy atom. The van der Waals surface area contributed by atoms with Crippen molar-refractivity contribution in [3.05, 3.63) is 130 Å². The van der Waals surface area contributed by atoms with Gasteiger partial charge in [0.25, 0.3) is 0 Å². The molecule has 0 spiro atoms. The smallest absolute Gasteiger partial charge is 0.0520 e. The van der Waals surface area contributed by atoms with Gasteiger partial charge >= 0.3 is 0 Å². The summed E-state index contributed by atoms with van der Waals surface area (Å²) < 4.78 is 0. The zero-order valence-electron chi connectivity index (χ0n) is 28.9. The molecule has 1 unspecified atom stereocenters. The fraction of sp³-hybridized carbons (Fsp3) is 0.463. The molecule has 0 amide bonds. The van der Waals surface area contributed by atoms with Crippen molar-refractivity contribution in [2.75, 3.05) is 0 Å². The highest BCUT2D eigenvalue weighted by Crippen LogP contribution is 2.40. The molecule has 42 heavy (non-hydrogen) atoms. The van der Waals surface area contributed by atoms with Crippen molar-refractivity contribution < 1.29 is 5.11 Å². The van der Waals surface area contributed by atoms with Crippen LogP contribution in [0.3, 0.4) is 0 Å². The van der Waals surface area contributed by atoms with Gasteiger partial charge in [0.05, 0.1) is 6.10 Å². The minimum absolute atomic E-state index is 0.0653. The first kappa shape index (κ1) is 37.1.